The zero-order valence-electron chi connectivity index (χ0n) is 11.0. The highest BCUT2D eigenvalue weighted by molar-refractivity contribution is 5.40. The van der Waals surface area contributed by atoms with Gasteiger partial charge in [0.15, 0.2) is 0 Å². The van der Waals surface area contributed by atoms with Crippen molar-refractivity contribution in [1.29, 1.82) is 0 Å². The fraction of sp³-hybridized carbons (Fsp3) is 0.467. The highest BCUT2D eigenvalue weighted by Crippen LogP contribution is 2.25. The lowest BCUT2D eigenvalue weighted by Crippen LogP contribution is -2.01. The van der Waals surface area contributed by atoms with Crippen molar-refractivity contribution in [2.45, 2.75) is 32.3 Å². The number of hydrogen-bond acceptors (Lipinski definition) is 3. The monoisotopic (exact) mass is 250 g/mol. The minimum atomic E-state index is -0.0181. The molecule has 0 atom stereocenters. The zero-order valence-corrected chi connectivity index (χ0v) is 11.0. The maximum Gasteiger partial charge on any atom is 0.128 e. The molecular weight excluding hydrogens is 228 g/mol. The molecule has 0 saturated carbocycles. The molecule has 0 fully saturated rings. The predicted octanol–water partition coefficient (Wildman–Crippen LogP) is 3.31. The predicted molar refractivity (Wildman–Crippen MR) is 73.1 cm³/mol. The average molecular weight is 250 g/mol. The Kier molecular flexibility index (Phi) is 6.96. The van der Waals surface area contributed by atoms with Gasteiger partial charge in [-0.05, 0) is 37.8 Å². The lowest BCUT2D eigenvalue weighted by molar-refractivity contribution is 0.259. The second kappa shape index (κ2) is 8.59. The standard InChI is InChI=1S/C15H22O3/c1-3-4-5-6-7-10-18-15-11-14(17-2)9-8-13(15)12-16/h3,8-9,11,16H,1,4-7,10,12H2,2H3. The zero-order chi connectivity index (χ0) is 13.2. The van der Waals surface area contributed by atoms with Gasteiger partial charge in [0, 0.05) is 11.6 Å². The van der Waals surface area contributed by atoms with Crippen molar-refractivity contribution in [3.63, 3.8) is 0 Å². The van der Waals surface area contributed by atoms with Gasteiger partial charge in [-0.25, -0.2) is 0 Å². The van der Waals surface area contributed by atoms with Crippen LogP contribution in [0.5, 0.6) is 11.5 Å². The molecule has 3 nitrogen and oxygen atoms in total. The summed E-state index contributed by atoms with van der Waals surface area (Å²) in [6.45, 7) is 4.34. The van der Waals surface area contributed by atoms with Gasteiger partial charge in [-0.15, -0.1) is 6.58 Å². The molecule has 1 aromatic carbocycles. The number of benzene rings is 1. The van der Waals surface area contributed by atoms with Gasteiger partial charge in [0.25, 0.3) is 0 Å². The normalized spacial score (nSPS) is 10.1. The Labute approximate surface area is 109 Å². The Morgan fingerprint density at radius 1 is 1.28 bits per heavy atom. The highest BCUT2D eigenvalue weighted by atomic mass is 16.5. The van der Waals surface area contributed by atoms with Crippen LogP contribution in [-0.2, 0) is 6.61 Å². The first-order valence-corrected chi connectivity index (χ1v) is 6.33. The average Bonchev–Trinajstić information content (AvgIpc) is 2.42. The summed E-state index contributed by atoms with van der Waals surface area (Å²) in [4.78, 5) is 0. The topological polar surface area (TPSA) is 38.7 Å². The number of rotatable bonds is 9. The van der Waals surface area contributed by atoms with Crippen LogP contribution in [0.3, 0.4) is 0 Å². The summed E-state index contributed by atoms with van der Waals surface area (Å²) in [7, 11) is 1.62. The molecule has 0 aromatic heterocycles. The van der Waals surface area contributed by atoms with Crippen LogP contribution < -0.4 is 9.47 Å². The van der Waals surface area contributed by atoms with Crippen LogP contribution >= 0.6 is 0 Å². The van der Waals surface area contributed by atoms with Gasteiger partial charge in [0.2, 0.25) is 0 Å². The molecule has 0 spiro atoms. The molecule has 0 radical (unpaired) electrons. The van der Waals surface area contributed by atoms with Crippen LogP contribution in [0.15, 0.2) is 30.9 Å². The summed E-state index contributed by atoms with van der Waals surface area (Å²) >= 11 is 0. The lowest BCUT2D eigenvalue weighted by atomic mass is 10.2. The second-order valence-corrected chi connectivity index (χ2v) is 4.12. The van der Waals surface area contributed by atoms with Crippen LogP contribution in [0.4, 0.5) is 0 Å². The van der Waals surface area contributed by atoms with Crippen LogP contribution in [0.1, 0.15) is 31.2 Å². The first-order valence-electron chi connectivity index (χ1n) is 6.33. The Hall–Kier alpha value is -1.48. The van der Waals surface area contributed by atoms with E-state index in [9.17, 15) is 5.11 Å². The maximum atomic E-state index is 9.22. The van der Waals surface area contributed by atoms with E-state index in [4.69, 9.17) is 9.47 Å². The van der Waals surface area contributed by atoms with Gasteiger partial charge < -0.3 is 14.6 Å². The molecular formula is C15H22O3. The lowest BCUT2D eigenvalue weighted by Gasteiger charge is -2.11. The summed E-state index contributed by atoms with van der Waals surface area (Å²) < 4.78 is 10.8. The molecule has 3 heteroatoms. The van der Waals surface area contributed by atoms with Crippen LogP contribution in [0, 0.1) is 0 Å². The molecule has 0 amide bonds. The van der Waals surface area contributed by atoms with E-state index in [0.29, 0.717) is 12.4 Å². The van der Waals surface area contributed by atoms with E-state index in [2.05, 4.69) is 6.58 Å². The second-order valence-electron chi connectivity index (χ2n) is 4.12. The molecule has 1 aromatic rings. The van der Waals surface area contributed by atoms with E-state index in [-0.39, 0.29) is 6.61 Å². The van der Waals surface area contributed by atoms with Crippen molar-refractivity contribution in [3.8, 4) is 11.5 Å². The Bertz CT molecular complexity index is 361. The number of methoxy groups -OCH3 is 1. The van der Waals surface area contributed by atoms with Crippen LogP contribution in [-0.4, -0.2) is 18.8 Å². The number of aliphatic hydroxyl groups is 1. The summed E-state index contributed by atoms with van der Waals surface area (Å²) in [5.41, 5.74) is 0.793. The molecule has 0 bridgehead atoms. The van der Waals surface area contributed by atoms with Gasteiger partial charge >= 0.3 is 0 Å². The highest BCUT2D eigenvalue weighted by Gasteiger charge is 2.04. The molecule has 0 aliphatic carbocycles. The third-order valence-electron chi connectivity index (χ3n) is 2.75. The van der Waals surface area contributed by atoms with E-state index < -0.39 is 0 Å². The Morgan fingerprint density at radius 2 is 2.11 bits per heavy atom. The molecule has 18 heavy (non-hydrogen) atoms. The van der Waals surface area contributed by atoms with Crippen LogP contribution in [0.25, 0.3) is 0 Å². The SMILES string of the molecule is C=CCCCCCOc1cc(OC)ccc1CO. The Morgan fingerprint density at radius 3 is 2.78 bits per heavy atom. The number of aliphatic hydroxyl groups excluding tert-OH is 1. The molecule has 0 unspecified atom stereocenters. The van der Waals surface area contributed by atoms with Crippen molar-refractivity contribution >= 4 is 0 Å². The number of unbranched alkanes of at least 4 members (excludes halogenated alkanes) is 3. The molecule has 0 heterocycles. The van der Waals surface area contributed by atoms with Gasteiger partial charge in [-0.2, -0.15) is 0 Å². The fourth-order valence-corrected chi connectivity index (χ4v) is 1.68. The van der Waals surface area contributed by atoms with E-state index in [1.54, 1.807) is 7.11 Å². The fourth-order valence-electron chi connectivity index (χ4n) is 1.68. The maximum absolute atomic E-state index is 9.22. The molecule has 1 rings (SSSR count). The molecule has 1 N–H and O–H groups in total. The van der Waals surface area contributed by atoms with E-state index in [1.807, 2.05) is 24.3 Å². The van der Waals surface area contributed by atoms with Gasteiger partial charge in [0.1, 0.15) is 11.5 Å². The first kappa shape index (κ1) is 14.6. The van der Waals surface area contributed by atoms with Crippen molar-refractivity contribution in [1.82, 2.24) is 0 Å². The molecule has 0 saturated heterocycles. The quantitative estimate of drug-likeness (QED) is 0.540. The van der Waals surface area contributed by atoms with Gasteiger partial charge in [-0.3, -0.25) is 0 Å². The van der Waals surface area contributed by atoms with E-state index >= 15 is 0 Å². The van der Waals surface area contributed by atoms with Crippen LogP contribution in [0.2, 0.25) is 0 Å². The van der Waals surface area contributed by atoms with Crippen molar-refractivity contribution in [2.24, 2.45) is 0 Å². The van der Waals surface area contributed by atoms with Crippen molar-refractivity contribution < 1.29 is 14.6 Å². The largest absolute Gasteiger partial charge is 0.497 e. The first-order chi connectivity index (χ1) is 8.81. The van der Waals surface area contributed by atoms with Gasteiger partial charge in [0.05, 0.1) is 20.3 Å². The smallest absolute Gasteiger partial charge is 0.128 e. The van der Waals surface area contributed by atoms with Crippen molar-refractivity contribution in [2.75, 3.05) is 13.7 Å². The van der Waals surface area contributed by atoms with Gasteiger partial charge in [-0.1, -0.05) is 6.08 Å². The Balaban J connectivity index is 2.42. The molecule has 0 aliphatic heterocycles. The third-order valence-corrected chi connectivity index (χ3v) is 2.75. The number of hydrogen-bond donors (Lipinski definition) is 1. The summed E-state index contributed by atoms with van der Waals surface area (Å²) in [5, 5.41) is 9.22. The summed E-state index contributed by atoms with van der Waals surface area (Å²) in [6, 6.07) is 5.46. The van der Waals surface area contributed by atoms with Crippen molar-refractivity contribution in [3.05, 3.63) is 36.4 Å². The van der Waals surface area contributed by atoms with E-state index in [0.717, 1.165) is 37.0 Å². The number of allylic oxidation sites excluding steroid dienone is 1. The third kappa shape index (κ3) is 4.80. The minimum Gasteiger partial charge on any atom is -0.497 e. The summed E-state index contributed by atoms with van der Waals surface area (Å²) in [5.74, 6) is 1.45. The minimum absolute atomic E-state index is 0.0181. The summed E-state index contributed by atoms with van der Waals surface area (Å²) in [6.07, 6.45) is 6.28. The molecule has 100 valence electrons. The molecule has 0 aliphatic rings. The van der Waals surface area contributed by atoms with E-state index in [1.165, 1.54) is 0 Å². The number of ether oxygens (including phenoxy) is 2.